The summed E-state index contributed by atoms with van der Waals surface area (Å²) in [5.41, 5.74) is 0. The average molecular weight is 434 g/mol. The van der Waals surface area contributed by atoms with Crippen LogP contribution in [0.2, 0.25) is 0 Å². The highest BCUT2D eigenvalue weighted by Gasteiger charge is 2.26. The van der Waals surface area contributed by atoms with Gasteiger partial charge in [-0.1, -0.05) is 27.7 Å². The van der Waals surface area contributed by atoms with Crippen molar-refractivity contribution in [1.29, 1.82) is 0 Å². The van der Waals surface area contributed by atoms with Gasteiger partial charge < -0.3 is 19.5 Å². The van der Waals surface area contributed by atoms with Gasteiger partial charge in [-0.3, -0.25) is 14.4 Å². The largest absolute Gasteiger partial charge is 0.465 e. The summed E-state index contributed by atoms with van der Waals surface area (Å²) in [5.74, 6) is 0.0730. The molecule has 0 aliphatic carbocycles. The molecule has 0 aliphatic heterocycles. The molecule has 1 rings (SSSR count). The summed E-state index contributed by atoms with van der Waals surface area (Å²) in [6, 6.07) is 2.74. The summed E-state index contributed by atoms with van der Waals surface area (Å²) in [6.07, 6.45) is 8.41. The van der Waals surface area contributed by atoms with E-state index in [1.54, 1.807) is 23.1 Å². The Bertz CT molecular complexity index is 673. The van der Waals surface area contributed by atoms with Crippen molar-refractivity contribution >= 4 is 23.8 Å². The van der Waals surface area contributed by atoms with Gasteiger partial charge in [0.1, 0.15) is 11.8 Å². The lowest BCUT2D eigenvalue weighted by Crippen LogP contribution is -2.49. The summed E-state index contributed by atoms with van der Waals surface area (Å²) >= 11 is 0. The number of furan rings is 1. The Morgan fingerprint density at radius 2 is 1.55 bits per heavy atom. The number of hydrogen-bond donors (Lipinski definition) is 1. The number of carbonyl (C=O) groups excluding carboxylic acids is 3. The van der Waals surface area contributed by atoms with E-state index in [9.17, 15) is 14.4 Å². The third kappa shape index (κ3) is 9.85. The van der Waals surface area contributed by atoms with Crippen LogP contribution in [0.15, 0.2) is 28.9 Å². The first-order valence-electron chi connectivity index (χ1n) is 11.5. The molecule has 1 unspecified atom stereocenters. The van der Waals surface area contributed by atoms with Crippen molar-refractivity contribution in [1.82, 2.24) is 15.1 Å². The van der Waals surface area contributed by atoms with Crippen LogP contribution < -0.4 is 5.32 Å². The van der Waals surface area contributed by atoms with Gasteiger partial charge in [-0.25, -0.2) is 0 Å². The van der Waals surface area contributed by atoms with Gasteiger partial charge in [0.25, 0.3) is 0 Å². The zero-order chi connectivity index (χ0) is 23.1. The average Bonchev–Trinajstić information content (AvgIpc) is 3.28. The summed E-state index contributed by atoms with van der Waals surface area (Å²) in [6.45, 7) is 10.8. The van der Waals surface area contributed by atoms with Crippen LogP contribution in [0, 0.1) is 0 Å². The maximum Gasteiger partial charge on any atom is 0.245 e. The Balaban J connectivity index is 2.88. The highest BCUT2D eigenvalue weighted by Crippen LogP contribution is 2.09. The fraction of sp³-hybridized carbons (Fsp3) is 0.625. The third-order valence-corrected chi connectivity index (χ3v) is 4.84. The number of hydrogen-bond acceptors (Lipinski definition) is 4. The van der Waals surface area contributed by atoms with Crippen molar-refractivity contribution < 1.29 is 18.8 Å². The predicted molar refractivity (Wildman–Crippen MR) is 123 cm³/mol. The minimum absolute atomic E-state index is 0.0272. The third-order valence-electron chi connectivity index (χ3n) is 4.84. The number of nitrogens with zero attached hydrogens (tertiary/aromatic N) is 2. The van der Waals surface area contributed by atoms with E-state index in [1.165, 1.54) is 12.3 Å². The second kappa shape index (κ2) is 15.3. The molecule has 1 heterocycles. The molecule has 0 saturated heterocycles. The standard InChI is InChI=1S/C24H39N3O4/c1-5-15-26(16-6-2)23(29)14-12-21(24(30)27(17-7-3)18-8-4)25-22(28)13-11-20-10-9-19-31-20/h9-11,13,19,21H,5-8,12,14-18H2,1-4H3,(H,25,28). The van der Waals surface area contributed by atoms with Crippen LogP contribution in [0.5, 0.6) is 0 Å². The van der Waals surface area contributed by atoms with Crippen LogP contribution in [0.25, 0.3) is 6.08 Å². The van der Waals surface area contributed by atoms with Gasteiger partial charge in [0.05, 0.1) is 6.26 Å². The first kappa shape index (κ1) is 26.5. The molecule has 3 amide bonds. The lowest BCUT2D eigenvalue weighted by atomic mass is 10.1. The van der Waals surface area contributed by atoms with Crippen molar-refractivity contribution in [3.63, 3.8) is 0 Å². The number of carbonyl (C=O) groups is 3. The molecule has 1 aromatic heterocycles. The summed E-state index contributed by atoms with van der Waals surface area (Å²) in [7, 11) is 0. The van der Waals surface area contributed by atoms with Crippen molar-refractivity contribution in [3.8, 4) is 0 Å². The molecule has 1 aromatic rings. The number of rotatable bonds is 15. The first-order valence-corrected chi connectivity index (χ1v) is 11.5. The molecule has 174 valence electrons. The van der Waals surface area contributed by atoms with E-state index in [0.29, 0.717) is 31.9 Å². The smallest absolute Gasteiger partial charge is 0.245 e. The summed E-state index contributed by atoms with van der Waals surface area (Å²) in [5, 5.41) is 2.81. The second-order valence-electron chi connectivity index (χ2n) is 7.65. The number of amides is 3. The van der Waals surface area contributed by atoms with E-state index in [4.69, 9.17) is 4.42 Å². The Morgan fingerprint density at radius 1 is 0.968 bits per heavy atom. The molecule has 0 spiro atoms. The van der Waals surface area contributed by atoms with Crippen molar-refractivity contribution in [2.75, 3.05) is 26.2 Å². The maximum absolute atomic E-state index is 13.2. The zero-order valence-electron chi connectivity index (χ0n) is 19.6. The monoisotopic (exact) mass is 433 g/mol. The van der Waals surface area contributed by atoms with Crippen LogP contribution >= 0.6 is 0 Å². The molecular formula is C24H39N3O4. The molecule has 0 radical (unpaired) electrons. The van der Waals surface area contributed by atoms with Crippen LogP contribution in [-0.4, -0.2) is 59.7 Å². The van der Waals surface area contributed by atoms with Crippen molar-refractivity contribution in [2.24, 2.45) is 0 Å². The van der Waals surface area contributed by atoms with Crippen molar-refractivity contribution in [2.45, 2.75) is 72.3 Å². The fourth-order valence-electron chi connectivity index (χ4n) is 3.44. The van der Waals surface area contributed by atoms with E-state index in [0.717, 1.165) is 25.7 Å². The minimum atomic E-state index is -0.735. The highest BCUT2D eigenvalue weighted by atomic mass is 16.3. The Morgan fingerprint density at radius 3 is 2.06 bits per heavy atom. The normalized spacial score (nSPS) is 12.0. The van der Waals surface area contributed by atoms with Gasteiger partial charge in [-0.15, -0.1) is 0 Å². The topological polar surface area (TPSA) is 82.9 Å². The molecule has 7 heteroatoms. The molecule has 0 aromatic carbocycles. The van der Waals surface area contributed by atoms with Crippen LogP contribution in [0.1, 0.15) is 72.0 Å². The number of nitrogens with one attached hydrogen (secondary N) is 1. The van der Waals surface area contributed by atoms with Gasteiger partial charge in [0.15, 0.2) is 0 Å². The molecule has 0 saturated carbocycles. The Kier molecular flexibility index (Phi) is 13.0. The van der Waals surface area contributed by atoms with Gasteiger partial charge in [-0.2, -0.15) is 0 Å². The molecular weight excluding hydrogens is 394 g/mol. The lowest BCUT2D eigenvalue weighted by molar-refractivity contribution is -0.137. The molecule has 1 N–H and O–H groups in total. The van der Waals surface area contributed by atoms with E-state index in [2.05, 4.69) is 5.32 Å². The first-order chi connectivity index (χ1) is 15.0. The van der Waals surface area contributed by atoms with E-state index < -0.39 is 6.04 Å². The molecule has 0 bridgehead atoms. The Hall–Kier alpha value is -2.57. The van der Waals surface area contributed by atoms with Crippen LogP contribution in [-0.2, 0) is 14.4 Å². The van der Waals surface area contributed by atoms with Gasteiger partial charge in [0, 0.05) is 38.7 Å². The van der Waals surface area contributed by atoms with Gasteiger partial charge in [0.2, 0.25) is 17.7 Å². The van der Waals surface area contributed by atoms with Crippen LogP contribution in [0.3, 0.4) is 0 Å². The quantitative estimate of drug-likeness (QED) is 0.426. The van der Waals surface area contributed by atoms with Gasteiger partial charge in [-0.05, 0) is 50.3 Å². The molecule has 7 nitrogen and oxygen atoms in total. The van der Waals surface area contributed by atoms with E-state index >= 15 is 0 Å². The highest BCUT2D eigenvalue weighted by molar-refractivity contribution is 5.95. The van der Waals surface area contributed by atoms with Crippen LogP contribution in [0.4, 0.5) is 0 Å². The van der Waals surface area contributed by atoms with Crippen molar-refractivity contribution in [3.05, 3.63) is 30.2 Å². The fourth-order valence-corrected chi connectivity index (χ4v) is 3.44. The zero-order valence-corrected chi connectivity index (χ0v) is 19.6. The summed E-state index contributed by atoms with van der Waals surface area (Å²) < 4.78 is 5.20. The minimum Gasteiger partial charge on any atom is -0.465 e. The van der Waals surface area contributed by atoms with E-state index in [-0.39, 0.29) is 30.6 Å². The van der Waals surface area contributed by atoms with Gasteiger partial charge >= 0.3 is 0 Å². The summed E-state index contributed by atoms with van der Waals surface area (Å²) in [4.78, 5) is 42.0. The molecule has 31 heavy (non-hydrogen) atoms. The maximum atomic E-state index is 13.2. The lowest BCUT2D eigenvalue weighted by Gasteiger charge is -2.28. The molecule has 0 fully saturated rings. The molecule has 1 atom stereocenters. The molecule has 0 aliphatic rings. The van der Waals surface area contributed by atoms with E-state index in [1.807, 2.05) is 32.6 Å². The predicted octanol–water partition coefficient (Wildman–Crippen LogP) is 3.86. The Labute approximate surface area is 186 Å². The SMILES string of the molecule is CCCN(CCC)C(=O)CCC(NC(=O)C=Cc1ccco1)C(=O)N(CCC)CCC. The second-order valence-corrected chi connectivity index (χ2v) is 7.65.